The molecule has 1 unspecified atom stereocenters. The summed E-state index contributed by atoms with van der Waals surface area (Å²) in [5, 5.41) is 5.41. The third-order valence-corrected chi connectivity index (χ3v) is 3.93. The van der Waals surface area contributed by atoms with Gasteiger partial charge in [-0.2, -0.15) is 0 Å². The lowest BCUT2D eigenvalue weighted by Gasteiger charge is -2.27. The van der Waals surface area contributed by atoms with Crippen LogP contribution in [0.5, 0.6) is 0 Å². The molecule has 6 nitrogen and oxygen atoms in total. The summed E-state index contributed by atoms with van der Waals surface area (Å²) in [6.07, 6.45) is 0. The van der Waals surface area contributed by atoms with Crippen molar-refractivity contribution in [2.75, 3.05) is 11.9 Å². The lowest BCUT2D eigenvalue weighted by Crippen LogP contribution is -2.49. The van der Waals surface area contributed by atoms with Crippen molar-refractivity contribution in [3.63, 3.8) is 0 Å². The van der Waals surface area contributed by atoms with Gasteiger partial charge in [-0.05, 0) is 64.8 Å². The van der Waals surface area contributed by atoms with E-state index in [4.69, 9.17) is 9.47 Å². The molecule has 0 saturated carbocycles. The molecule has 0 aliphatic heterocycles. The van der Waals surface area contributed by atoms with E-state index < -0.39 is 29.2 Å². The Balaban J connectivity index is 2.02. The monoisotopic (exact) mass is 412 g/mol. The van der Waals surface area contributed by atoms with Crippen LogP contribution in [0.3, 0.4) is 0 Å². The highest BCUT2D eigenvalue weighted by molar-refractivity contribution is 5.92. The summed E-state index contributed by atoms with van der Waals surface area (Å²) in [6.45, 7) is 11.0. The van der Waals surface area contributed by atoms with Gasteiger partial charge in [0.2, 0.25) is 0 Å². The molecule has 2 aromatic carbocycles. The van der Waals surface area contributed by atoms with Crippen LogP contribution in [0, 0.1) is 0 Å². The number of amides is 2. The second-order valence-electron chi connectivity index (χ2n) is 9.05. The third kappa shape index (κ3) is 8.25. The van der Waals surface area contributed by atoms with E-state index in [1.54, 1.807) is 20.8 Å². The molecule has 0 aromatic heterocycles. The number of carbonyl (C=O) groups is 2. The molecule has 1 atom stereocenters. The average molecular weight is 413 g/mol. The van der Waals surface area contributed by atoms with Crippen molar-refractivity contribution in [3.05, 3.63) is 54.6 Å². The van der Waals surface area contributed by atoms with E-state index in [0.717, 1.165) is 11.1 Å². The smallest absolute Gasteiger partial charge is 0.331 e. The second-order valence-corrected chi connectivity index (χ2v) is 9.05. The molecule has 6 heteroatoms. The van der Waals surface area contributed by atoms with Gasteiger partial charge in [-0.15, -0.1) is 0 Å². The SMILES string of the molecule is CC(C)(C)OCC(NC(=O)Nc1ccc(-c2ccccc2)cc1)C(=O)OC(C)(C)C. The number of ether oxygens (including phenoxy) is 2. The molecule has 2 aromatic rings. The average Bonchev–Trinajstić information content (AvgIpc) is 2.64. The minimum atomic E-state index is -0.924. The lowest BCUT2D eigenvalue weighted by molar-refractivity contribution is -0.160. The molecule has 0 saturated heterocycles. The molecule has 0 aliphatic carbocycles. The number of urea groups is 1. The van der Waals surface area contributed by atoms with Crippen molar-refractivity contribution in [1.29, 1.82) is 0 Å². The van der Waals surface area contributed by atoms with Gasteiger partial charge in [-0.1, -0.05) is 42.5 Å². The molecule has 2 amide bonds. The summed E-state index contributed by atoms with van der Waals surface area (Å²) >= 11 is 0. The van der Waals surface area contributed by atoms with Crippen LogP contribution in [0.1, 0.15) is 41.5 Å². The molecule has 2 rings (SSSR count). The lowest BCUT2D eigenvalue weighted by atomic mass is 10.1. The Morgan fingerprint density at radius 2 is 1.40 bits per heavy atom. The van der Waals surface area contributed by atoms with Crippen LogP contribution in [0.25, 0.3) is 11.1 Å². The fourth-order valence-corrected chi connectivity index (χ4v) is 2.58. The van der Waals surface area contributed by atoms with E-state index in [0.29, 0.717) is 5.69 Å². The zero-order valence-electron chi connectivity index (χ0n) is 18.6. The quantitative estimate of drug-likeness (QED) is 0.655. The van der Waals surface area contributed by atoms with Gasteiger partial charge in [0.15, 0.2) is 6.04 Å². The molecule has 2 N–H and O–H groups in total. The largest absolute Gasteiger partial charge is 0.458 e. The molecule has 0 fully saturated rings. The molecule has 30 heavy (non-hydrogen) atoms. The summed E-state index contributed by atoms with van der Waals surface area (Å²) < 4.78 is 11.1. The molecule has 0 spiro atoms. The molecule has 0 radical (unpaired) electrons. The molecule has 0 bridgehead atoms. The number of hydrogen-bond acceptors (Lipinski definition) is 4. The molecule has 162 valence electrons. The van der Waals surface area contributed by atoms with Gasteiger partial charge < -0.3 is 20.1 Å². The zero-order chi connectivity index (χ0) is 22.4. The number of anilines is 1. The normalized spacial score (nSPS) is 12.7. The van der Waals surface area contributed by atoms with E-state index in [1.165, 1.54) is 0 Å². The first-order valence-corrected chi connectivity index (χ1v) is 10.0. The molecular weight excluding hydrogens is 380 g/mol. The Morgan fingerprint density at radius 3 is 1.93 bits per heavy atom. The summed E-state index contributed by atoms with van der Waals surface area (Å²) in [5.74, 6) is -0.540. The maximum Gasteiger partial charge on any atom is 0.331 e. The number of carbonyl (C=O) groups excluding carboxylic acids is 2. The van der Waals surface area contributed by atoms with Crippen molar-refractivity contribution in [2.45, 2.75) is 58.8 Å². The van der Waals surface area contributed by atoms with Crippen molar-refractivity contribution in [2.24, 2.45) is 0 Å². The molecule has 0 aliphatic rings. The Bertz CT molecular complexity index is 834. The van der Waals surface area contributed by atoms with E-state index in [-0.39, 0.29) is 6.61 Å². The number of rotatable bonds is 6. The van der Waals surface area contributed by atoms with Crippen molar-refractivity contribution < 1.29 is 19.1 Å². The van der Waals surface area contributed by atoms with Gasteiger partial charge in [-0.3, -0.25) is 0 Å². The number of nitrogens with one attached hydrogen (secondary N) is 2. The van der Waals surface area contributed by atoms with Crippen LogP contribution < -0.4 is 10.6 Å². The Kier molecular flexibility index (Phi) is 7.62. The van der Waals surface area contributed by atoms with Crippen molar-refractivity contribution in [1.82, 2.24) is 5.32 Å². The van der Waals surface area contributed by atoms with E-state index in [2.05, 4.69) is 10.6 Å². The summed E-state index contributed by atoms with van der Waals surface area (Å²) in [4.78, 5) is 25.0. The van der Waals surface area contributed by atoms with Crippen molar-refractivity contribution in [3.8, 4) is 11.1 Å². The van der Waals surface area contributed by atoms with Crippen LogP contribution in [-0.4, -0.2) is 35.9 Å². The standard InChI is InChI=1S/C24H32N2O4/c1-23(2,3)29-16-20(21(27)30-24(4,5)6)26-22(28)25-19-14-12-18(13-15-19)17-10-8-7-9-11-17/h7-15,20H,16H2,1-6H3,(H2,25,26,28). The first-order valence-electron chi connectivity index (χ1n) is 10.0. The van der Waals surface area contributed by atoms with E-state index in [1.807, 2.05) is 75.4 Å². The second kappa shape index (κ2) is 9.76. The van der Waals surface area contributed by atoms with Crippen LogP contribution in [0.2, 0.25) is 0 Å². The predicted octanol–water partition coefficient (Wildman–Crippen LogP) is 5.00. The number of esters is 1. The van der Waals surface area contributed by atoms with Crippen molar-refractivity contribution >= 4 is 17.7 Å². The highest BCUT2D eigenvalue weighted by Crippen LogP contribution is 2.21. The highest BCUT2D eigenvalue weighted by atomic mass is 16.6. The first kappa shape index (κ1) is 23.4. The molecular formula is C24H32N2O4. The van der Waals surface area contributed by atoms with Gasteiger partial charge >= 0.3 is 12.0 Å². The Morgan fingerprint density at radius 1 is 0.833 bits per heavy atom. The minimum absolute atomic E-state index is 0.0127. The maximum atomic E-state index is 12.5. The van der Waals surface area contributed by atoms with E-state index in [9.17, 15) is 9.59 Å². The third-order valence-electron chi connectivity index (χ3n) is 3.93. The van der Waals surface area contributed by atoms with Gasteiger partial charge in [0.1, 0.15) is 5.60 Å². The van der Waals surface area contributed by atoms with Gasteiger partial charge in [0.25, 0.3) is 0 Å². The summed E-state index contributed by atoms with van der Waals surface area (Å²) in [6, 6.07) is 16.0. The Hall–Kier alpha value is -2.86. The van der Waals surface area contributed by atoms with Gasteiger partial charge in [-0.25, -0.2) is 9.59 Å². The topological polar surface area (TPSA) is 76.7 Å². The first-order chi connectivity index (χ1) is 13.9. The number of hydrogen-bond donors (Lipinski definition) is 2. The highest BCUT2D eigenvalue weighted by Gasteiger charge is 2.28. The summed E-state index contributed by atoms with van der Waals surface area (Å²) in [5.41, 5.74) is 1.64. The Labute approximate surface area is 179 Å². The molecule has 0 heterocycles. The van der Waals surface area contributed by atoms with Crippen LogP contribution in [-0.2, 0) is 14.3 Å². The fraction of sp³-hybridized carbons (Fsp3) is 0.417. The minimum Gasteiger partial charge on any atom is -0.458 e. The van der Waals surface area contributed by atoms with Crippen LogP contribution >= 0.6 is 0 Å². The van der Waals surface area contributed by atoms with Crippen LogP contribution in [0.4, 0.5) is 10.5 Å². The maximum absolute atomic E-state index is 12.5. The van der Waals surface area contributed by atoms with E-state index >= 15 is 0 Å². The number of benzene rings is 2. The van der Waals surface area contributed by atoms with Crippen LogP contribution in [0.15, 0.2) is 54.6 Å². The summed E-state index contributed by atoms with van der Waals surface area (Å²) in [7, 11) is 0. The zero-order valence-corrected chi connectivity index (χ0v) is 18.6. The fourth-order valence-electron chi connectivity index (χ4n) is 2.58. The van der Waals surface area contributed by atoms with Gasteiger partial charge in [0.05, 0.1) is 12.2 Å². The predicted molar refractivity (Wildman–Crippen MR) is 119 cm³/mol. The van der Waals surface area contributed by atoms with Gasteiger partial charge in [0, 0.05) is 5.69 Å².